The standard InChI is InChI=1S/C16H19NO3/c1-2-11-5-6-13-12(9-11)17-14(20-13)10-16(15(18)19)7-3-4-8-16/h5-6,9H,2-4,7-8,10H2,1H3,(H,18,19). The molecule has 20 heavy (non-hydrogen) atoms. The van der Waals surface area contributed by atoms with Crippen LogP contribution in [0.25, 0.3) is 11.1 Å². The zero-order chi connectivity index (χ0) is 14.2. The molecule has 1 aromatic heterocycles. The zero-order valence-corrected chi connectivity index (χ0v) is 11.7. The Labute approximate surface area is 117 Å². The van der Waals surface area contributed by atoms with Crippen molar-refractivity contribution in [3.05, 3.63) is 29.7 Å². The van der Waals surface area contributed by atoms with Gasteiger partial charge in [0.25, 0.3) is 0 Å². The third-order valence-corrected chi connectivity index (χ3v) is 4.41. The molecule has 0 unspecified atom stereocenters. The van der Waals surface area contributed by atoms with E-state index in [9.17, 15) is 9.90 Å². The predicted molar refractivity (Wildman–Crippen MR) is 75.6 cm³/mol. The van der Waals surface area contributed by atoms with Gasteiger partial charge in [-0.15, -0.1) is 0 Å². The Morgan fingerprint density at radius 2 is 2.15 bits per heavy atom. The number of hydrogen-bond acceptors (Lipinski definition) is 3. The Morgan fingerprint density at radius 3 is 2.80 bits per heavy atom. The lowest BCUT2D eigenvalue weighted by molar-refractivity contribution is -0.148. The summed E-state index contributed by atoms with van der Waals surface area (Å²) in [5.74, 6) is -0.163. The number of nitrogens with zero attached hydrogens (tertiary/aromatic N) is 1. The molecule has 1 N–H and O–H groups in total. The summed E-state index contributed by atoms with van der Waals surface area (Å²) in [4.78, 5) is 16.1. The maximum absolute atomic E-state index is 11.6. The Morgan fingerprint density at radius 1 is 1.40 bits per heavy atom. The van der Waals surface area contributed by atoms with Gasteiger partial charge in [-0.3, -0.25) is 4.79 Å². The number of fused-ring (bicyclic) bond motifs is 1. The van der Waals surface area contributed by atoms with Crippen LogP contribution in [-0.2, 0) is 17.6 Å². The molecule has 0 bridgehead atoms. The molecule has 0 atom stereocenters. The molecule has 0 spiro atoms. The fourth-order valence-corrected chi connectivity index (χ4v) is 3.12. The number of benzene rings is 1. The summed E-state index contributed by atoms with van der Waals surface area (Å²) in [5.41, 5.74) is 2.12. The molecule has 4 nitrogen and oxygen atoms in total. The Kier molecular flexibility index (Phi) is 3.24. The molecule has 106 valence electrons. The van der Waals surface area contributed by atoms with Gasteiger partial charge in [0.15, 0.2) is 11.5 Å². The fourth-order valence-electron chi connectivity index (χ4n) is 3.12. The largest absolute Gasteiger partial charge is 0.481 e. The van der Waals surface area contributed by atoms with Crippen LogP contribution in [0.5, 0.6) is 0 Å². The minimum atomic E-state index is -0.716. The quantitative estimate of drug-likeness (QED) is 0.924. The summed E-state index contributed by atoms with van der Waals surface area (Å²) in [7, 11) is 0. The smallest absolute Gasteiger partial charge is 0.310 e. The lowest BCUT2D eigenvalue weighted by Crippen LogP contribution is -2.30. The highest BCUT2D eigenvalue weighted by atomic mass is 16.4. The molecule has 0 amide bonds. The number of carboxylic acid groups (broad SMARTS) is 1. The number of hydrogen-bond donors (Lipinski definition) is 1. The van der Waals surface area contributed by atoms with Crippen molar-refractivity contribution in [2.75, 3.05) is 0 Å². The molecule has 1 fully saturated rings. The predicted octanol–water partition coefficient (Wildman–Crippen LogP) is 3.58. The molecule has 2 aromatic rings. The maximum atomic E-state index is 11.6. The molecule has 0 saturated heterocycles. The van der Waals surface area contributed by atoms with Crippen molar-refractivity contribution in [2.24, 2.45) is 5.41 Å². The molecule has 1 aromatic carbocycles. The van der Waals surface area contributed by atoms with Gasteiger partial charge in [-0.05, 0) is 37.0 Å². The first-order valence-electron chi connectivity index (χ1n) is 7.25. The normalized spacial score (nSPS) is 17.6. The molecule has 1 saturated carbocycles. The SMILES string of the molecule is CCc1ccc2oc(CC3(C(=O)O)CCCC3)nc2c1. The number of rotatable bonds is 4. The van der Waals surface area contributed by atoms with Crippen LogP contribution in [0, 0.1) is 5.41 Å². The highest BCUT2D eigenvalue weighted by Gasteiger charge is 2.42. The second kappa shape index (κ2) is 4.93. The van der Waals surface area contributed by atoms with E-state index in [4.69, 9.17) is 4.42 Å². The number of carbonyl (C=O) groups is 1. The van der Waals surface area contributed by atoms with Gasteiger partial charge in [0.1, 0.15) is 5.52 Å². The van der Waals surface area contributed by atoms with Gasteiger partial charge in [-0.25, -0.2) is 4.98 Å². The van der Waals surface area contributed by atoms with Crippen LogP contribution in [-0.4, -0.2) is 16.1 Å². The van der Waals surface area contributed by atoms with Crippen molar-refractivity contribution in [3.8, 4) is 0 Å². The number of aliphatic carboxylic acids is 1. The molecule has 1 heterocycles. The van der Waals surface area contributed by atoms with Crippen molar-refractivity contribution < 1.29 is 14.3 Å². The Hall–Kier alpha value is -1.84. The molecule has 0 aliphatic heterocycles. The highest BCUT2D eigenvalue weighted by Crippen LogP contribution is 2.41. The van der Waals surface area contributed by atoms with Gasteiger partial charge in [0.2, 0.25) is 0 Å². The summed E-state index contributed by atoms with van der Waals surface area (Å²) in [6.07, 6.45) is 4.76. The van der Waals surface area contributed by atoms with Crippen LogP contribution in [0.1, 0.15) is 44.1 Å². The van der Waals surface area contributed by atoms with Gasteiger partial charge in [0.05, 0.1) is 5.41 Å². The van der Waals surface area contributed by atoms with Crippen LogP contribution < -0.4 is 0 Å². The minimum Gasteiger partial charge on any atom is -0.481 e. The van der Waals surface area contributed by atoms with Gasteiger partial charge < -0.3 is 9.52 Å². The van der Waals surface area contributed by atoms with Crippen LogP contribution >= 0.6 is 0 Å². The van der Waals surface area contributed by atoms with E-state index in [0.29, 0.717) is 12.3 Å². The van der Waals surface area contributed by atoms with Crippen LogP contribution in [0.15, 0.2) is 22.6 Å². The van der Waals surface area contributed by atoms with E-state index in [1.54, 1.807) is 0 Å². The van der Waals surface area contributed by atoms with Gasteiger partial charge in [-0.2, -0.15) is 0 Å². The van der Waals surface area contributed by atoms with Crippen LogP contribution in [0.2, 0.25) is 0 Å². The van der Waals surface area contributed by atoms with Crippen molar-refractivity contribution in [1.82, 2.24) is 4.98 Å². The summed E-state index contributed by atoms with van der Waals surface area (Å²) >= 11 is 0. The lowest BCUT2D eigenvalue weighted by atomic mass is 9.83. The number of carboxylic acids is 1. The van der Waals surface area contributed by atoms with E-state index in [1.165, 1.54) is 5.56 Å². The second-order valence-electron chi connectivity index (χ2n) is 5.73. The van der Waals surface area contributed by atoms with E-state index < -0.39 is 11.4 Å². The Balaban J connectivity index is 1.92. The summed E-state index contributed by atoms with van der Waals surface area (Å²) in [6, 6.07) is 5.97. The molecular weight excluding hydrogens is 254 g/mol. The van der Waals surface area contributed by atoms with E-state index in [-0.39, 0.29) is 0 Å². The number of aromatic nitrogens is 1. The topological polar surface area (TPSA) is 63.3 Å². The van der Waals surface area contributed by atoms with E-state index in [0.717, 1.165) is 43.2 Å². The summed E-state index contributed by atoms with van der Waals surface area (Å²) < 4.78 is 5.73. The maximum Gasteiger partial charge on any atom is 0.310 e. The molecule has 1 aliphatic carbocycles. The van der Waals surface area contributed by atoms with E-state index in [1.807, 2.05) is 18.2 Å². The first kappa shape index (κ1) is 13.2. The average Bonchev–Trinajstić information content (AvgIpc) is 3.05. The zero-order valence-electron chi connectivity index (χ0n) is 11.7. The minimum absolute atomic E-state index is 0.401. The van der Waals surface area contributed by atoms with Crippen molar-refractivity contribution in [3.63, 3.8) is 0 Å². The average molecular weight is 273 g/mol. The first-order valence-corrected chi connectivity index (χ1v) is 7.25. The Bertz CT molecular complexity index is 638. The van der Waals surface area contributed by atoms with Crippen molar-refractivity contribution in [1.29, 1.82) is 0 Å². The third kappa shape index (κ3) is 2.19. The molecule has 1 aliphatic rings. The third-order valence-electron chi connectivity index (χ3n) is 4.41. The van der Waals surface area contributed by atoms with Crippen LogP contribution in [0.4, 0.5) is 0 Å². The molecule has 0 radical (unpaired) electrons. The fraction of sp³-hybridized carbons (Fsp3) is 0.500. The highest BCUT2D eigenvalue weighted by molar-refractivity contribution is 5.76. The molecular formula is C16H19NO3. The van der Waals surface area contributed by atoms with Crippen LogP contribution in [0.3, 0.4) is 0 Å². The number of aryl methyl sites for hydroxylation is 1. The van der Waals surface area contributed by atoms with Crippen molar-refractivity contribution in [2.45, 2.75) is 45.4 Å². The van der Waals surface area contributed by atoms with Gasteiger partial charge in [0, 0.05) is 6.42 Å². The molecule has 4 heteroatoms. The van der Waals surface area contributed by atoms with Crippen molar-refractivity contribution >= 4 is 17.1 Å². The summed E-state index contributed by atoms with van der Waals surface area (Å²) in [5, 5.41) is 9.51. The summed E-state index contributed by atoms with van der Waals surface area (Å²) in [6.45, 7) is 2.10. The second-order valence-corrected chi connectivity index (χ2v) is 5.73. The molecule has 3 rings (SSSR count). The monoisotopic (exact) mass is 273 g/mol. The number of oxazole rings is 1. The van der Waals surface area contributed by atoms with E-state index in [2.05, 4.69) is 11.9 Å². The lowest BCUT2D eigenvalue weighted by Gasteiger charge is -2.21. The first-order chi connectivity index (χ1) is 9.63. The van der Waals surface area contributed by atoms with Gasteiger partial charge in [-0.1, -0.05) is 25.8 Å². The van der Waals surface area contributed by atoms with E-state index >= 15 is 0 Å². The van der Waals surface area contributed by atoms with Gasteiger partial charge >= 0.3 is 5.97 Å².